The first-order valence-corrected chi connectivity index (χ1v) is 11.7. The van der Waals surface area contributed by atoms with Crippen molar-refractivity contribution >= 4 is 23.1 Å². The summed E-state index contributed by atoms with van der Waals surface area (Å²) in [7, 11) is 0. The highest BCUT2D eigenvalue weighted by atomic mass is 19.1. The highest BCUT2D eigenvalue weighted by molar-refractivity contribution is 6.01. The maximum atomic E-state index is 14.3. The first-order valence-electron chi connectivity index (χ1n) is 11.7. The number of carbonyl (C=O) groups is 1. The average molecular weight is 441 g/mol. The van der Waals surface area contributed by atoms with E-state index in [1.54, 1.807) is 23.5 Å². The Balaban J connectivity index is 1.72. The molecule has 3 heterocycles. The SMILES string of the molecule is CCN(C(=O)c1cc(F)ccc1N1CCN(C2CCCNCC2)c2ncncc21)C(C)C. The second kappa shape index (κ2) is 9.81. The summed E-state index contributed by atoms with van der Waals surface area (Å²) in [6.07, 6.45) is 6.73. The number of hydrogen-bond acceptors (Lipinski definition) is 6. The molecule has 0 radical (unpaired) electrons. The summed E-state index contributed by atoms with van der Waals surface area (Å²) in [4.78, 5) is 28.5. The Labute approximate surface area is 189 Å². The molecule has 2 aliphatic heterocycles. The molecule has 0 bridgehead atoms. The standard InChI is InChI=1S/C24H33FN6O/c1-4-29(17(2)3)24(32)20-14-18(25)7-8-21(20)31-13-12-30(19-6-5-10-26-11-9-19)23-22(31)15-27-16-28-23/h7-8,14-17,19,26H,4-6,9-13H2,1-3H3. The zero-order valence-corrected chi connectivity index (χ0v) is 19.2. The molecule has 0 aliphatic carbocycles. The van der Waals surface area contributed by atoms with Gasteiger partial charge < -0.3 is 20.0 Å². The van der Waals surface area contributed by atoms with Gasteiger partial charge in [0.1, 0.15) is 17.8 Å². The van der Waals surface area contributed by atoms with Gasteiger partial charge in [0.05, 0.1) is 17.4 Å². The van der Waals surface area contributed by atoms with E-state index < -0.39 is 5.82 Å². The molecule has 8 heteroatoms. The molecule has 1 N–H and O–H groups in total. The third kappa shape index (κ3) is 4.41. The largest absolute Gasteiger partial charge is 0.350 e. The Kier molecular flexibility index (Phi) is 6.89. The maximum Gasteiger partial charge on any atom is 0.256 e. The Bertz CT molecular complexity index is 944. The third-order valence-electron chi connectivity index (χ3n) is 6.49. The maximum absolute atomic E-state index is 14.3. The minimum absolute atomic E-state index is 0.0277. The Morgan fingerprint density at radius 2 is 2.09 bits per heavy atom. The number of fused-ring (bicyclic) bond motifs is 1. The van der Waals surface area contributed by atoms with Crippen molar-refractivity contribution in [1.82, 2.24) is 20.2 Å². The molecule has 4 rings (SSSR count). The van der Waals surface area contributed by atoms with Gasteiger partial charge in [0, 0.05) is 31.7 Å². The average Bonchev–Trinajstić information content (AvgIpc) is 3.08. The van der Waals surface area contributed by atoms with Gasteiger partial charge >= 0.3 is 0 Å². The number of aromatic nitrogens is 2. The lowest BCUT2D eigenvalue weighted by Gasteiger charge is -2.42. The highest BCUT2D eigenvalue weighted by Crippen LogP contribution is 2.39. The number of amides is 1. The molecule has 1 aromatic heterocycles. The van der Waals surface area contributed by atoms with Gasteiger partial charge in [-0.15, -0.1) is 0 Å². The molecule has 7 nitrogen and oxygen atoms in total. The molecule has 0 saturated carbocycles. The fourth-order valence-corrected chi connectivity index (χ4v) is 4.89. The summed E-state index contributed by atoms with van der Waals surface area (Å²) in [6, 6.07) is 4.94. The second-order valence-electron chi connectivity index (χ2n) is 8.76. The quantitative estimate of drug-likeness (QED) is 0.767. The van der Waals surface area contributed by atoms with Crippen molar-refractivity contribution in [2.75, 3.05) is 42.5 Å². The van der Waals surface area contributed by atoms with E-state index in [2.05, 4.69) is 25.1 Å². The molecular weight excluding hydrogens is 407 g/mol. The summed E-state index contributed by atoms with van der Waals surface area (Å²) in [5.74, 6) is 0.316. The Hall–Kier alpha value is -2.74. The number of nitrogens with one attached hydrogen (secondary N) is 1. The molecule has 0 spiro atoms. The molecule has 1 atom stereocenters. The summed E-state index contributed by atoms with van der Waals surface area (Å²) in [5, 5.41) is 3.48. The van der Waals surface area contributed by atoms with E-state index in [0.717, 1.165) is 50.4 Å². The second-order valence-corrected chi connectivity index (χ2v) is 8.76. The van der Waals surface area contributed by atoms with E-state index in [1.807, 2.05) is 20.8 Å². The molecule has 1 unspecified atom stereocenters. The van der Waals surface area contributed by atoms with Crippen LogP contribution in [0.5, 0.6) is 0 Å². The van der Waals surface area contributed by atoms with Crippen molar-refractivity contribution in [1.29, 1.82) is 0 Å². The van der Waals surface area contributed by atoms with Crippen LogP contribution in [0.15, 0.2) is 30.7 Å². The summed E-state index contributed by atoms with van der Waals surface area (Å²) in [5.41, 5.74) is 1.94. The van der Waals surface area contributed by atoms with Crippen molar-refractivity contribution in [3.63, 3.8) is 0 Å². The number of carbonyl (C=O) groups excluding carboxylic acids is 1. The lowest BCUT2D eigenvalue weighted by atomic mass is 10.0. The van der Waals surface area contributed by atoms with Crippen LogP contribution in [-0.2, 0) is 0 Å². The van der Waals surface area contributed by atoms with Crippen LogP contribution in [0.4, 0.5) is 21.6 Å². The predicted molar refractivity (Wildman–Crippen MR) is 125 cm³/mol. The fraction of sp³-hybridized carbons (Fsp3) is 0.542. The molecule has 32 heavy (non-hydrogen) atoms. The molecule has 2 aliphatic rings. The Morgan fingerprint density at radius 1 is 1.25 bits per heavy atom. The van der Waals surface area contributed by atoms with Crippen LogP contribution in [0.25, 0.3) is 0 Å². The number of rotatable bonds is 5. The van der Waals surface area contributed by atoms with Crippen LogP contribution in [0, 0.1) is 5.82 Å². The third-order valence-corrected chi connectivity index (χ3v) is 6.49. The van der Waals surface area contributed by atoms with E-state index >= 15 is 0 Å². The molecule has 2 aromatic rings. The van der Waals surface area contributed by atoms with Crippen molar-refractivity contribution in [2.24, 2.45) is 0 Å². The van der Waals surface area contributed by atoms with Gasteiger partial charge in [-0.3, -0.25) is 4.79 Å². The smallest absolute Gasteiger partial charge is 0.256 e. The first-order chi connectivity index (χ1) is 15.5. The predicted octanol–water partition coefficient (Wildman–Crippen LogP) is 3.59. The van der Waals surface area contributed by atoms with Crippen molar-refractivity contribution in [3.8, 4) is 0 Å². The summed E-state index contributed by atoms with van der Waals surface area (Å²) < 4.78 is 14.3. The lowest BCUT2D eigenvalue weighted by Crippen LogP contribution is -2.46. The summed E-state index contributed by atoms with van der Waals surface area (Å²) in [6.45, 7) is 10.00. The first kappa shape index (κ1) is 22.5. The molecule has 1 saturated heterocycles. The van der Waals surface area contributed by atoms with Gasteiger partial charge in [-0.2, -0.15) is 0 Å². The fourth-order valence-electron chi connectivity index (χ4n) is 4.89. The number of nitrogens with zero attached hydrogens (tertiary/aromatic N) is 5. The van der Waals surface area contributed by atoms with Crippen LogP contribution in [0.1, 0.15) is 50.4 Å². The van der Waals surface area contributed by atoms with Gasteiger partial charge in [0.15, 0.2) is 5.82 Å². The number of halogens is 1. The van der Waals surface area contributed by atoms with Gasteiger partial charge in [-0.05, 0) is 71.3 Å². The van der Waals surface area contributed by atoms with Crippen LogP contribution < -0.4 is 15.1 Å². The minimum Gasteiger partial charge on any atom is -0.350 e. The highest BCUT2D eigenvalue weighted by Gasteiger charge is 2.32. The van der Waals surface area contributed by atoms with Gasteiger partial charge in [0.2, 0.25) is 0 Å². The van der Waals surface area contributed by atoms with Crippen molar-refractivity contribution in [2.45, 2.75) is 52.1 Å². The summed E-state index contributed by atoms with van der Waals surface area (Å²) >= 11 is 0. The van der Waals surface area contributed by atoms with E-state index in [9.17, 15) is 9.18 Å². The topological polar surface area (TPSA) is 64.6 Å². The minimum atomic E-state index is -0.411. The van der Waals surface area contributed by atoms with E-state index in [4.69, 9.17) is 0 Å². The van der Waals surface area contributed by atoms with Gasteiger partial charge in [-0.25, -0.2) is 14.4 Å². The molecule has 172 valence electrons. The van der Waals surface area contributed by atoms with Crippen molar-refractivity contribution in [3.05, 3.63) is 42.1 Å². The number of benzene rings is 1. The van der Waals surface area contributed by atoms with Crippen LogP contribution in [-0.4, -0.2) is 65.6 Å². The lowest BCUT2D eigenvalue weighted by molar-refractivity contribution is 0.0717. The van der Waals surface area contributed by atoms with Crippen molar-refractivity contribution < 1.29 is 9.18 Å². The number of hydrogen-bond donors (Lipinski definition) is 1. The van der Waals surface area contributed by atoms with Crippen LogP contribution in [0.3, 0.4) is 0 Å². The van der Waals surface area contributed by atoms with E-state index in [1.165, 1.54) is 12.1 Å². The zero-order valence-electron chi connectivity index (χ0n) is 19.2. The normalized spacial score (nSPS) is 19.0. The number of anilines is 3. The molecule has 1 aromatic carbocycles. The van der Waals surface area contributed by atoms with Crippen LogP contribution >= 0.6 is 0 Å². The van der Waals surface area contributed by atoms with E-state index in [0.29, 0.717) is 30.4 Å². The van der Waals surface area contributed by atoms with Gasteiger partial charge in [-0.1, -0.05) is 0 Å². The molecular formula is C24H33FN6O. The Morgan fingerprint density at radius 3 is 2.88 bits per heavy atom. The molecule has 1 fully saturated rings. The van der Waals surface area contributed by atoms with Crippen LogP contribution in [0.2, 0.25) is 0 Å². The van der Waals surface area contributed by atoms with E-state index in [-0.39, 0.29) is 11.9 Å². The molecule has 1 amide bonds. The zero-order chi connectivity index (χ0) is 22.7. The van der Waals surface area contributed by atoms with Gasteiger partial charge in [0.25, 0.3) is 5.91 Å². The monoisotopic (exact) mass is 440 g/mol.